The van der Waals surface area contributed by atoms with Gasteiger partial charge < -0.3 is 24.8 Å². The Kier molecular flexibility index (Phi) is 5.55. The van der Waals surface area contributed by atoms with Crippen molar-refractivity contribution in [1.29, 1.82) is 0 Å². The molecule has 0 radical (unpaired) electrons. The van der Waals surface area contributed by atoms with Crippen LogP contribution in [0.15, 0.2) is 42.1 Å². The van der Waals surface area contributed by atoms with Crippen molar-refractivity contribution in [2.45, 2.75) is 36.1 Å². The SMILES string of the molecule is COC(=O)C=C1[C@@H](NC(=O)COc2ccccc2)[C@H]2SC(C)(C)[C@H](C(=O)O)N12. The second-order valence-corrected chi connectivity index (χ2v) is 8.77. The number of fused-ring (bicyclic) bond motifs is 1. The molecule has 1 amide bonds. The number of nitrogens with zero attached hydrogens (tertiary/aromatic N) is 1. The number of ether oxygens (including phenoxy) is 2. The number of thioether (sulfide) groups is 1. The van der Waals surface area contributed by atoms with Crippen LogP contribution in [0.2, 0.25) is 0 Å². The minimum atomic E-state index is -0.979. The first-order valence-electron chi connectivity index (χ1n) is 8.70. The van der Waals surface area contributed by atoms with E-state index in [0.29, 0.717) is 11.4 Å². The van der Waals surface area contributed by atoms with Crippen molar-refractivity contribution in [3.8, 4) is 5.75 Å². The molecule has 0 unspecified atom stereocenters. The number of amides is 1. The summed E-state index contributed by atoms with van der Waals surface area (Å²) >= 11 is 1.45. The van der Waals surface area contributed by atoms with Crippen LogP contribution in [-0.4, -0.2) is 63.8 Å². The summed E-state index contributed by atoms with van der Waals surface area (Å²) in [6.45, 7) is 3.49. The first-order valence-corrected chi connectivity index (χ1v) is 9.58. The van der Waals surface area contributed by atoms with Crippen LogP contribution in [0.25, 0.3) is 0 Å². The molecule has 2 heterocycles. The number of esters is 1. The lowest BCUT2D eigenvalue weighted by Gasteiger charge is -2.48. The van der Waals surface area contributed by atoms with Crippen molar-refractivity contribution < 1.29 is 29.0 Å². The van der Waals surface area contributed by atoms with E-state index in [1.165, 1.54) is 24.9 Å². The molecule has 150 valence electrons. The third-order valence-corrected chi connectivity index (χ3v) is 6.24. The van der Waals surface area contributed by atoms with E-state index in [-0.39, 0.29) is 17.9 Å². The molecule has 0 saturated carbocycles. The molecule has 3 rings (SSSR count). The number of nitrogens with one attached hydrogen (secondary N) is 1. The van der Waals surface area contributed by atoms with Gasteiger partial charge in [-0.2, -0.15) is 0 Å². The van der Waals surface area contributed by atoms with Crippen molar-refractivity contribution in [3.05, 3.63) is 42.1 Å². The summed E-state index contributed by atoms with van der Waals surface area (Å²) in [6.07, 6.45) is 1.23. The normalized spacial score (nSPS) is 26.2. The van der Waals surface area contributed by atoms with Gasteiger partial charge in [-0.25, -0.2) is 9.59 Å². The summed E-state index contributed by atoms with van der Waals surface area (Å²) in [7, 11) is 1.24. The summed E-state index contributed by atoms with van der Waals surface area (Å²) in [6, 6.07) is 7.63. The van der Waals surface area contributed by atoms with Gasteiger partial charge in [-0.1, -0.05) is 18.2 Å². The third-order valence-electron chi connectivity index (χ3n) is 4.67. The maximum atomic E-state index is 12.4. The Morgan fingerprint density at radius 2 is 1.96 bits per heavy atom. The molecule has 2 aliphatic heterocycles. The topological polar surface area (TPSA) is 105 Å². The van der Waals surface area contributed by atoms with Gasteiger partial charge in [0.25, 0.3) is 5.91 Å². The molecule has 9 heteroatoms. The van der Waals surface area contributed by atoms with Crippen molar-refractivity contribution in [2.75, 3.05) is 13.7 Å². The number of hydrogen-bond acceptors (Lipinski definition) is 7. The van der Waals surface area contributed by atoms with Crippen LogP contribution in [0.5, 0.6) is 5.75 Å². The number of carboxylic acid groups (broad SMARTS) is 1. The Labute approximate surface area is 166 Å². The molecule has 0 aliphatic carbocycles. The highest BCUT2D eigenvalue weighted by atomic mass is 32.2. The van der Waals surface area contributed by atoms with Crippen LogP contribution in [0.1, 0.15) is 13.8 Å². The van der Waals surface area contributed by atoms with Gasteiger partial charge in [0.2, 0.25) is 0 Å². The zero-order valence-corrected chi connectivity index (χ0v) is 16.6. The Balaban J connectivity index is 1.74. The highest BCUT2D eigenvalue weighted by Gasteiger charge is 2.61. The number of carbonyl (C=O) groups is 3. The largest absolute Gasteiger partial charge is 0.484 e. The Bertz CT molecular complexity index is 810. The molecular formula is C19H22N2O6S. The van der Waals surface area contributed by atoms with Crippen LogP contribution < -0.4 is 10.1 Å². The second-order valence-electron chi connectivity index (χ2n) is 7.00. The average molecular weight is 406 g/mol. The molecule has 0 spiro atoms. The summed E-state index contributed by atoms with van der Waals surface area (Å²) in [5.41, 5.74) is 0.426. The lowest BCUT2D eigenvalue weighted by Crippen LogP contribution is -2.65. The van der Waals surface area contributed by atoms with Crippen LogP contribution in [-0.2, 0) is 19.1 Å². The number of carboxylic acids is 1. The van der Waals surface area contributed by atoms with Crippen LogP contribution >= 0.6 is 11.8 Å². The van der Waals surface area contributed by atoms with Gasteiger partial charge in [0.15, 0.2) is 6.61 Å². The maximum Gasteiger partial charge on any atom is 0.332 e. The standard InChI is InChI=1S/C19H22N2O6S/c1-19(2)16(18(24)25)21-12(9-14(23)26-3)15(17(21)28-19)20-13(22)10-27-11-7-5-4-6-8-11/h4-9,15-17H,10H2,1-3H3,(H,20,22)(H,24,25)/t15-,16+,17-/m1/s1. The summed E-state index contributed by atoms with van der Waals surface area (Å²) < 4.78 is 9.54. The molecule has 0 bridgehead atoms. The van der Waals surface area contributed by atoms with Gasteiger partial charge in [0.05, 0.1) is 13.2 Å². The lowest BCUT2D eigenvalue weighted by molar-refractivity contribution is -0.145. The molecule has 1 aromatic rings. The molecule has 2 saturated heterocycles. The van der Waals surface area contributed by atoms with Gasteiger partial charge in [0.1, 0.15) is 17.2 Å². The average Bonchev–Trinajstić information content (AvgIpc) is 2.91. The summed E-state index contributed by atoms with van der Waals surface area (Å²) in [5.74, 6) is -1.37. The highest BCUT2D eigenvalue weighted by molar-refractivity contribution is 8.01. The number of methoxy groups -OCH3 is 1. The number of benzene rings is 1. The van der Waals surface area contributed by atoms with E-state index in [0.717, 1.165) is 0 Å². The van der Waals surface area contributed by atoms with Crippen molar-refractivity contribution in [1.82, 2.24) is 10.2 Å². The van der Waals surface area contributed by atoms with Crippen molar-refractivity contribution in [3.63, 3.8) is 0 Å². The number of aliphatic carboxylic acids is 1. The highest BCUT2D eigenvalue weighted by Crippen LogP contribution is 2.54. The fraction of sp³-hybridized carbons (Fsp3) is 0.421. The molecule has 8 nitrogen and oxygen atoms in total. The number of para-hydroxylation sites is 1. The molecule has 2 fully saturated rings. The van der Waals surface area contributed by atoms with Crippen LogP contribution in [0.3, 0.4) is 0 Å². The van der Waals surface area contributed by atoms with E-state index in [9.17, 15) is 19.5 Å². The second kappa shape index (κ2) is 7.75. The van der Waals surface area contributed by atoms with Crippen LogP contribution in [0, 0.1) is 0 Å². The number of hydrogen-bond donors (Lipinski definition) is 2. The molecule has 2 N–H and O–H groups in total. The first-order chi connectivity index (χ1) is 13.2. The minimum absolute atomic E-state index is 0.185. The lowest BCUT2D eigenvalue weighted by atomic mass is 9.93. The summed E-state index contributed by atoms with van der Waals surface area (Å²) in [5, 5.41) is 12.2. The smallest absolute Gasteiger partial charge is 0.332 e. The quantitative estimate of drug-likeness (QED) is 0.537. The van der Waals surface area contributed by atoms with Crippen molar-refractivity contribution in [2.24, 2.45) is 0 Å². The Morgan fingerprint density at radius 3 is 2.57 bits per heavy atom. The fourth-order valence-corrected chi connectivity index (χ4v) is 5.12. The van der Waals surface area contributed by atoms with Gasteiger partial charge in [-0.15, -0.1) is 11.8 Å². The molecule has 3 atom stereocenters. The van der Waals surface area contributed by atoms with E-state index in [2.05, 4.69) is 10.1 Å². The van der Waals surface area contributed by atoms with Gasteiger partial charge >= 0.3 is 11.9 Å². The van der Waals surface area contributed by atoms with E-state index >= 15 is 0 Å². The van der Waals surface area contributed by atoms with E-state index < -0.39 is 28.8 Å². The molecular weight excluding hydrogens is 384 g/mol. The van der Waals surface area contributed by atoms with Crippen molar-refractivity contribution >= 4 is 29.6 Å². The molecule has 2 aliphatic rings. The third kappa shape index (κ3) is 3.80. The number of carbonyl (C=O) groups excluding carboxylic acids is 2. The zero-order chi connectivity index (χ0) is 20.5. The molecule has 0 aromatic heterocycles. The van der Waals surface area contributed by atoms with E-state index in [1.807, 2.05) is 19.9 Å². The van der Waals surface area contributed by atoms with Gasteiger partial charge in [-0.05, 0) is 26.0 Å². The zero-order valence-electron chi connectivity index (χ0n) is 15.7. The van der Waals surface area contributed by atoms with E-state index in [1.54, 1.807) is 29.2 Å². The maximum absolute atomic E-state index is 12.4. The minimum Gasteiger partial charge on any atom is -0.484 e. The van der Waals surface area contributed by atoms with Gasteiger partial charge in [0, 0.05) is 16.5 Å². The number of rotatable bonds is 6. The fourth-order valence-electron chi connectivity index (χ4n) is 3.45. The van der Waals surface area contributed by atoms with Crippen LogP contribution in [0.4, 0.5) is 0 Å². The Hall–Kier alpha value is -2.68. The Morgan fingerprint density at radius 1 is 1.29 bits per heavy atom. The monoisotopic (exact) mass is 406 g/mol. The molecule has 28 heavy (non-hydrogen) atoms. The summed E-state index contributed by atoms with van der Waals surface area (Å²) in [4.78, 5) is 37.6. The van der Waals surface area contributed by atoms with E-state index in [4.69, 9.17) is 4.74 Å². The predicted molar refractivity (Wildman–Crippen MR) is 103 cm³/mol. The first kappa shape index (κ1) is 20.1. The van der Waals surface area contributed by atoms with Gasteiger partial charge in [-0.3, -0.25) is 4.79 Å². The predicted octanol–water partition coefficient (Wildman–Crippen LogP) is 1.23. The molecule has 1 aromatic carbocycles.